The number of ether oxygens (including phenoxy) is 1. The number of imide groups is 2. The first-order valence-corrected chi connectivity index (χ1v) is 9.68. The van der Waals surface area contributed by atoms with E-state index >= 15 is 0 Å². The number of hydrogen-bond acceptors (Lipinski definition) is 7. The third kappa shape index (κ3) is 3.04. The molecule has 10 nitrogen and oxygen atoms in total. The smallest absolute Gasteiger partial charge is 0.273 e. The predicted molar refractivity (Wildman–Crippen MR) is 114 cm³/mol. The van der Waals surface area contributed by atoms with Crippen LogP contribution in [0.4, 0.5) is 11.4 Å². The van der Waals surface area contributed by atoms with Crippen molar-refractivity contribution in [2.24, 2.45) is 0 Å². The molecule has 0 spiro atoms. The Morgan fingerprint density at radius 3 is 2.09 bits per heavy atom. The summed E-state index contributed by atoms with van der Waals surface area (Å²) >= 11 is 0. The highest BCUT2D eigenvalue weighted by Gasteiger charge is 2.39. The Morgan fingerprint density at radius 2 is 1.33 bits per heavy atom. The van der Waals surface area contributed by atoms with Crippen LogP contribution in [0.3, 0.4) is 0 Å². The molecule has 0 saturated carbocycles. The molecule has 4 amide bonds. The summed E-state index contributed by atoms with van der Waals surface area (Å²) in [7, 11) is 1.36. The van der Waals surface area contributed by atoms with Gasteiger partial charge in [0.2, 0.25) is 0 Å². The molecule has 162 valence electrons. The largest absolute Gasteiger partial charge is 0.457 e. The van der Waals surface area contributed by atoms with Gasteiger partial charge in [-0.15, -0.1) is 0 Å². The van der Waals surface area contributed by atoms with E-state index < -0.39 is 28.6 Å². The van der Waals surface area contributed by atoms with Gasteiger partial charge in [-0.3, -0.25) is 34.2 Å². The second-order valence-electron chi connectivity index (χ2n) is 7.41. The van der Waals surface area contributed by atoms with E-state index in [9.17, 15) is 29.3 Å². The highest BCUT2D eigenvalue weighted by atomic mass is 16.6. The minimum absolute atomic E-state index is 0.0861. The number of benzene rings is 3. The van der Waals surface area contributed by atoms with E-state index in [4.69, 9.17) is 4.74 Å². The molecule has 2 aliphatic rings. The molecule has 10 heteroatoms. The fourth-order valence-electron chi connectivity index (χ4n) is 3.80. The normalized spacial score (nSPS) is 14.6. The lowest BCUT2D eigenvalue weighted by Gasteiger charge is -2.14. The summed E-state index contributed by atoms with van der Waals surface area (Å²) in [4.78, 5) is 62.7. The molecule has 33 heavy (non-hydrogen) atoms. The van der Waals surface area contributed by atoms with Crippen molar-refractivity contribution in [1.29, 1.82) is 0 Å². The minimum atomic E-state index is -0.621. The molecule has 5 rings (SSSR count). The Labute approximate surface area is 185 Å². The van der Waals surface area contributed by atoms with Crippen molar-refractivity contribution in [2.75, 3.05) is 11.9 Å². The topological polar surface area (TPSA) is 127 Å². The van der Waals surface area contributed by atoms with Gasteiger partial charge in [0.25, 0.3) is 29.3 Å². The van der Waals surface area contributed by atoms with Gasteiger partial charge < -0.3 is 4.74 Å². The SMILES string of the molecule is CN1C(=O)c2ccc(N3C(=O)c4ccc(Oc5cccc([N+](=O)[O-])c5)cc4C3=O)cc2C1=O. The Balaban J connectivity index is 1.47. The van der Waals surface area contributed by atoms with Crippen LogP contribution in [0.25, 0.3) is 0 Å². The molecule has 0 bridgehead atoms. The average Bonchev–Trinajstić information content (AvgIpc) is 3.18. The Hall–Kier alpha value is -4.86. The number of nitrogens with zero attached hydrogens (tertiary/aromatic N) is 3. The first-order valence-electron chi connectivity index (χ1n) is 9.68. The van der Waals surface area contributed by atoms with Crippen LogP contribution in [0.15, 0.2) is 60.7 Å². The van der Waals surface area contributed by atoms with Crippen LogP contribution in [0.1, 0.15) is 41.4 Å². The quantitative estimate of drug-likeness (QED) is 0.343. The van der Waals surface area contributed by atoms with Gasteiger partial charge in [0.05, 0.1) is 38.9 Å². The zero-order chi connectivity index (χ0) is 23.4. The third-order valence-corrected chi connectivity index (χ3v) is 5.45. The number of non-ortho nitro benzene ring substituents is 1. The zero-order valence-electron chi connectivity index (χ0n) is 17.0. The summed E-state index contributed by atoms with van der Waals surface area (Å²) in [5, 5.41) is 11.0. The van der Waals surface area contributed by atoms with Crippen LogP contribution in [-0.4, -0.2) is 40.5 Å². The van der Waals surface area contributed by atoms with E-state index in [-0.39, 0.29) is 45.1 Å². The number of hydrogen-bond donors (Lipinski definition) is 0. The van der Waals surface area contributed by atoms with E-state index in [0.717, 1.165) is 9.80 Å². The number of anilines is 1. The Bertz CT molecular complexity index is 1430. The molecule has 2 heterocycles. The van der Waals surface area contributed by atoms with Gasteiger partial charge in [0.15, 0.2) is 0 Å². The minimum Gasteiger partial charge on any atom is -0.457 e. The highest BCUT2D eigenvalue weighted by molar-refractivity contribution is 6.35. The molecule has 0 atom stereocenters. The van der Waals surface area contributed by atoms with Crippen LogP contribution in [0, 0.1) is 10.1 Å². The van der Waals surface area contributed by atoms with Gasteiger partial charge in [-0.1, -0.05) is 6.07 Å². The maximum Gasteiger partial charge on any atom is 0.273 e. The van der Waals surface area contributed by atoms with Gasteiger partial charge in [-0.2, -0.15) is 0 Å². The molecule has 0 fully saturated rings. The number of nitro benzene ring substituents is 1. The van der Waals surface area contributed by atoms with Gasteiger partial charge in [-0.25, -0.2) is 4.90 Å². The van der Waals surface area contributed by atoms with E-state index in [0.29, 0.717) is 0 Å². The fraction of sp³-hybridized carbons (Fsp3) is 0.0435. The number of carbonyl (C=O) groups excluding carboxylic acids is 4. The lowest BCUT2D eigenvalue weighted by atomic mass is 10.1. The molecule has 0 aromatic heterocycles. The molecule has 0 saturated heterocycles. The molecule has 0 aliphatic carbocycles. The second-order valence-corrected chi connectivity index (χ2v) is 7.41. The van der Waals surface area contributed by atoms with Crippen molar-refractivity contribution in [3.8, 4) is 11.5 Å². The van der Waals surface area contributed by atoms with Crippen molar-refractivity contribution >= 4 is 35.0 Å². The van der Waals surface area contributed by atoms with Gasteiger partial charge in [0, 0.05) is 13.1 Å². The van der Waals surface area contributed by atoms with Gasteiger partial charge >= 0.3 is 0 Å². The van der Waals surface area contributed by atoms with Crippen LogP contribution in [-0.2, 0) is 0 Å². The fourth-order valence-corrected chi connectivity index (χ4v) is 3.80. The molecular weight excluding hydrogens is 430 g/mol. The number of rotatable bonds is 4. The van der Waals surface area contributed by atoms with Crippen molar-refractivity contribution in [3.05, 3.63) is 93.0 Å². The molecule has 3 aromatic carbocycles. The Morgan fingerprint density at radius 1 is 0.727 bits per heavy atom. The van der Waals surface area contributed by atoms with Crippen molar-refractivity contribution < 1.29 is 28.8 Å². The van der Waals surface area contributed by atoms with E-state index in [2.05, 4.69) is 0 Å². The number of fused-ring (bicyclic) bond motifs is 2. The third-order valence-electron chi connectivity index (χ3n) is 5.45. The monoisotopic (exact) mass is 443 g/mol. The van der Waals surface area contributed by atoms with Crippen molar-refractivity contribution in [3.63, 3.8) is 0 Å². The zero-order valence-corrected chi connectivity index (χ0v) is 17.0. The summed E-state index contributed by atoms with van der Waals surface area (Å²) < 4.78 is 5.64. The van der Waals surface area contributed by atoms with Crippen molar-refractivity contribution in [2.45, 2.75) is 0 Å². The van der Waals surface area contributed by atoms with Crippen LogP contribution >= 0.6 is 0 Å². The number of carbonyl (C=O) groups is 4. The maximum atomic E-state index is 13.1. The molecule has 0 N–H and O–H groups in total. The lowest BCUT2D eigenvalue weighted by molar-refractivity contribution is -0.384. The summed E-state index contributed by atoms with van der Waals surface area (Å²) in [6.07, 6.45) is 0. The number of amides is 4. The van der Waals surface area contributed by atoms with Crippen LogP contribution in [0.5, 0.6) is 11.5 Å². The van der Waals surface area contributed by atoms with Crippen LogP contribution < -0.4 is 9.64 Å². The van der Waals surface area contributed by atoms with Crippen molar-refractivity contribution in [1.82, 2.24) is 4.90 Å². The summed E-state index contributed by atoms with van der Waals surface area (Å²) in [6, 6.07) is 14.0. The Kier molecular flexibility index (Phi) is 4.31. The molecule has 0 radical (unpaired) electrons. The average molecular weight is 443 g/mol. The molecule has 3 aromatic rings. The predicted octanol–water partition coefficient (Wildman–Crippen LogP) is 3.41. The van der Waals surface area contributed by atoms with Gasteiger partial charge in [0.1, 0.15) is 11.5 Å². The second kappa shape index (κ2) is 7.09. The summed E-state index contributed by atoms with van der Waals surface area (Å²) in [5.41, 5.74) is 0.565. The first-order chi connectivity index (χ1) is 15.8. The van der Waals surface area contributed by atoms with Crippen LogP contribution in [0.2, 0.25) is 0 Å². The maximum absolute atomic E-state index is 13.1. The van der Waals surface area contributed by atoms with E-state index in [1.807, 2.05) is 0 Å². The molecule has 0 unspecified atom stereocenters. The van der Waals surface area contributed by atoms with Gasteiger partial charge in [-0.05, 0) is 42.5 Å². The van der Waals surface area contributed by atoms with E-state index in [1.165, 1.54) is 67.7 Å². The first kappa shape index (κ1) is 20.1. The number of nitro groups is 1. The molecule has 2 aliphatic heterocycles. The van der Waals surface area contributed by atoms with E-state index in [1.54, 1.807) is 0 Å². The highest BCUT2D eigenvalue weighted by Crippen LogP contribution is 2.35. The summed E-state index contributed by atoms with van der Waals surface area (Å²) in [5.74, 6) is -1.75. The standard InChI is InChI=1S/C23H13N3O7/c1-24-20(27)16-7-5-12(10-18(16)21(24)28)25-22(29)17-8-6-15(11-19(17)23(25)30)33-14-4-2-3-13(9-14)26(31)32/h2-11H,1H3. The summed E-state index contributed by atoms with van der Waals surface area (Å²) in [6.45, 7) is 0. The molecular formula is C23H13N3O7. The lowest BCUT2D eigenvalue weighted by Crippen LogP contribution is -2.29.